The molecule has 8 nitrogen and oxygen atoms in total. The minimum absolute atomic E-state index is 0. The molecule has 0 aliphatic rings. The summed E-state index contributed by atoms with van der Waals surface area (Å²) < 4.78 is 15.2. The van der Waals surface area contributed by atoms with E-state index in [2.05, 4.69) is 10.4 Å². The number of nitrogens with zero attached hydrogens (tertiary/aromatic N) is 2. The number of aryl methyl sites for hydroxylation is 1. The van der Waals surface area contributed by atoms with Crippen LogP contribution in [0.25, 0.3) is 5.69 Å². The fraction of sp³-hybridized carbons (Fsp3) is 0.414. The van der Waals surface area contributed by atoms with Crippen LogP contribution in [0, 0.1) is 12.7 Å². The van der Waals surface area contributed by atoms with E-state index in [0.717, 1.165) is 11.1 Å². The molecule has 0 unspecified atom stereocenters. The van der Waals surface area contributed by atoms with Gasteiger partial charge in [-0.05, 0) is 68.9 Å². The van der Waals surface area contributed by atoms with Gasteiger partial charge in [0.25, 0.3) is 5.91 Å². The second kappa shape index (κ2) is 14.7. The van der Waals surface area contributed by atoms with E-state index in [-0.39, 0.29) is 72.4 Å². The summed E-state index contributed by atoms with van der Waals surface area (Å²) in [6.45, 7) is 7.77. The van der Waals surface area contributed by atoms with Gasteiger partial charge in [0.15, 0.2) is 5.69 Å². The van der Waals surface area contributed by atoms with Gasteiger partial charge in [0, 0.05) is 23.6 Å². The van der Waals surface area contributed by atoms with E-state index in [1.165, 1.54) is 12.1 Å². The van der Waals surface area contributed by atoms with Crippen molar-refractivity contribution in [2.24, 2.45) is 0 Å². The third-order valence-electron chi connectivity index (χ3n) is 6.47. The number of amides is 1. The Balaban J connectivity index is 0.00000533. The van der Waals surface area contributed by atoms with Crippen molar-refractivity contribution in [2.45, 2.75) is 77.5 Å². The Hall–Kier alpha value is -2.56. The summed E-state index contributed by atoms with van der Waals surface area (Å²) in [5.74, 6) is -2.25. The summed E-state index contributed by atoms with van der Waals surface area (Å²) >= 11 is 0. The molecule has 0 spiro atoms. The Morgan fingerprint density at radius 1 is 1.03 bits per heavy atom. The number of hydrogen-bond acceptors (Lipinski definition) is 6. The van der Waals surface area contributed by atoms with Crippen LogP contribution in [0.5, 0.6) is 0 Å². The normalized spacial score (nSPS) is 13.4. The van der Waals surface area contributed by atoms with Crippen LogP contribution in [0.15, 0.2) is 48.5 Å². The summed E-state index contributed by atoms with van der Waals surface area (Å²) in [5.41, 5.74) is 4.24. The van der Waals surface area contributed by atoms with Gasteiger partial charge in [-0.25, -0.2) is 9.07 Å². The van der Waals surface area contributed by atoms with Crippen molar-refractivity contribution in [3.63, 3.8) is 0 Å². The van der Waals surface area contributed by atoms with Crippen LogP contribution >= 0.6 is 0 Å². The van der Waals surface area contributed by atoms with Gasteiger partial charge < -0.3 is 25.4 Å². The number of rotatable bonds is 12. The SMILES string of the molecule is Cc1ccc([C@H](C)NC(=O)c2nn(-c3ccc(F)cc3)c(CC[C@@H](O)C[C@@H](O)CC(=O)[O-])c2C(C)C)cc1.[Na+]. The molecule has 1 amide bonds. The summed E-state index contributed by atoms with van der Waals surface area (Å²) in [5, 5.41) is 38.7. The Morgan fingerprint density at radius 3 is 2.21 bits per heavy atom. The van der Waals surface area contributed by atoms with Gasteiger partial charge in [0.05, 0.1) is 23.9 Å². The molecule has 0 fully saturated rings. The molecular formula is C29H35FN3NaO5. The molecule has 0 saturated carbocycles. The largest absolute Gasteiger partial charge is 1.00 e. The molecule has 0 radical (unpaired) electrons. The topological polar surface area (TPSA) is 128 Å². The van der Waals surface area contributed by atoms with Gasteiger partial charge in [-0.15, -0.1) is 0 Å². The molecule has 10 heteroatoms. The number of carbonyl (C=O) groups is 2. The predicted octanol–water partition coefficient (Wildman–Crippen LogP) is 0.123. The zero-order valence-electron chi connectivity index (χ0n) is 23.1. The monoisotopic (exact) mass is 547 g/mol. The van der Waals surface area contributed by atoms with Crippen LogP contribution in [0.4, 0.5) is 4.39 Å². The molecule has 1 heterocycles. The zero-order valence-corrected chi connectivity index (χ0v) is 25.1. The average molecular weight is 548 g/mol. The van der Waals surface area contributed by atoms with E-state index in [1.807, 2.05) is 52.0 Å². The third kappa shape index (κ3) is 8.98. The number of carboxylic acid groups (broad SMARTS) is 1. The van der Waals surface area contributed by atoms with Crippen molar-refractivity contribution < 1.29 is 58.9 Å². The minimum atomic E-state index is -1.39. The van der Waals surface area contributed by atoms with Crippen molar-refractivity contribution in [3.05, 3.63) is 82.4 Å². The maximum atomic E-state index is 13.6. The Bertz CT molecular complexity index is 1250. The predicted molar refractivity (Wildman–Crippen MR) is 139 cm³/mol. The average Bonchev–Trinajstić information content (AvgIpc) is 3.23. The number of aliphatic hydroxyl groups excluding tert-OH is 2. The van der Waals surface area contributed by atoms with Gasteiger partial charge >= 0.3 is 29.6 Å². The second-order valence-electron chi connectivity index (χ2n) is 10.0. The standard InChI is InChI=1S/C29H36FN3O5.Na/c1-17(2)27-25(14-13-23(34)15-24(35)16-26(36)37)33(22-11-9-21(30)10-12-22)32-28(27)29(38)31-19(4)20-7-5-18(3)6-8-20;/h5-12,17,19,23-24,34-35H,13-16H2,1-4H3,(H,31,38)(H,36,37);/q;+1/p-1/t19-,23+,24+;/m0./s1. The molecule has 1 aromatic heterocycles. The first-order chi connectivity index (χ1) is 18.0. The molecule has 204 valence electrons. The van der Waals surface area contributed by atoms with E-state index in [4.69, 9.17) is 0 Å². The molecule has 3 N–H and O–H groups in total. The number of halogens is 1. The van der Waals surface area contributed by atoms with Crippen LogP contribution in [0.3, 0.4) is 0 Å². The van der Waals surface area contributed by atoms with E-state index < -0.39 is 30.4 Å². The van der Waals surface area contributed by atoms with Crippen LogP contribution in [0.2, 0.25) is 0 Å². The summed E-state index contributed by atoms with van der Waals surface area (Å²) in [6.07, 6.45) is -2.43. The maximum Gasteiger partial charge on any atom is 1.00 e. The number of benzene rings is 2. The quantitative estimate of drug-likeness (QED) is 0.277. The van der Waals surface area contributed by atoms with Crippen molar-refractivity contribution in [2.75, 3.05) is 0 Å². The van der Waals surface area contributed by atoms with Gasteiger partial charge in [-0.2, -0.15) is 5.10 Å². The zero-order chi connectivity index (χ0) is 28.0. The van der Waals surface area contributed by atoms with Crippen LogP contribution < -0.4 is 40.0 Å². The van der Waals surface area contributed by atoms with Crippen molar-refractivity contribution in [3.8, 4) is 5.69 Å². The first-order valence-corrected chi connectivity index (χ1v) is 12.8. The third-order valence-corrected chi connectivity index (χ3v) is 6.47. The molecule has 3 rings (SSSR count). The molecule has 2 aromatic carbocycles. The van der Waals surface area contributed by atoms with E-state index in [0.29, 0.717) is 16.9 Å². The number of hydrogen-bond donors (Lipinski definition) is 3. The van der Waals surface area contributed by atoms with Crippen molar-refractivity contribution in [1.29, 1.82) is 0 Å². The fourth-order valence-electron chi connectivity index (χ4n) is 4.49. The number of aliphatic hydroxyl groups is 2. The van der Waals surface area contributed by atoms with Crippen molar-refractivity contribution >= 4 is 11.9 Å². The van der Waals surface area contributed by atoms with E-state index in [1.54, 1.807) is 16.8 Å². The number of aliphatic carboxylic acids is 1. The second-order valence-corrected chi connectivity index (χ2v) is 10.0. The number of carboxylic acids is 1. The number of nitrogens with one attached hydrogen (secondary N) is 1. The molecule has 0 bridgehead atoms. The fourth-order valence-corrected chi connectivity index (χ4v) is 4.49. The summed E-state index contributed by atoms with van der Waals surface area (Å²) in [6, 6.07) is 13.3. The van der Waals surface area contributed by atoms with E-state index in [9.17, 15) is 29.3 Å². The summed E-state index contributed by atoms with van der Waals surface area (Å²) in [7, 11) is 0. The van der Waals surface area contributed by atoms with Crippen LogP contribution in [-0.2, 0) is 11.2 Å². The van der Waals surface area contributed by atoms with Crippen LogP contribution in [-0.4, -0.2) is 44.1 Å². The molecule has 3 aromatic rings. The Morgan fingerprint density at radius 2 is 1.64 bits per heavy atom. The first-order valence-electron chi connectivity index (χ1n) is 12.8. The molecule has 0 saturated heterocycles. The molecule has 39 heavy (non-hydrogen) atoms. The molecule has 3 atom stereocenters. The Labute approximate surface area is 250 Å². The van der Waals surface area contributed by atoms with E-state index >= 15 is 0 Å². The Kier molecular flexibility index (Phi) is 12.3. The van der Waals surface area contributed by atoms with Gasteiger partial charge in [-0.1, -0.05) is 43.7 Å². The molecular weight excluding hydrogens is 512 g/mol. The van der Waals surface area contributed by atoms with Crippen LogP contribution in [0.1, 0.15) is 84.9 Å². The van der Waals surface area contributed by atoms with Gasteiger partial charge in [-0.3, -0.25) is 4.79 Å². The van der Waals surface area contributed by atoms with Gasteiger partial charge in [0.2, 0.25) is 0 Å². The smallest absolute Gasteiger partial charge is 0.550 e. The number of aromatic nitrogens is 2. The summed E-state index contributed by atoms with van der Waals surface area (Å²) in [4.78, 5) is 24.2. The molecule has 0 aliphatic carbocycles. The van der Waals surface area contributed by atoms with Crippen molar-refractivity contribution in [1.82, 2.24) is 15.1 Å². The maximum absolute atomic E-state index is 13.6. The van der Waals surface area contributed by atoms with Gasteiger partial charge in [0.1, 0.15) is 5.82 Å². The minimum Gasteiger partial charge on any atom is -0.550 e. The number of carbonyl (C=O) groups excluding carboxylic acids is 2. The molecule has 0 aliphatic heterocycles. The first kappa shape index (κ1) is 32.7.